The average Bonchev–Trinajstić information content (AvgIpc) is 3.19. The minimum absolute atomic E-state index is 0.0490. The molecule has 0 bridgehead atoms. The van der Waals surface area contributed by atoms with Gasteiger partial charge in [-0.2, -0.15) is 0 Å². The number of thiazole rings is 1. The van der Waals surface area contributed by atoms with Crippen LogP contribution >= 0.6 is 11.3 Å². The number of aromatic nitrogens is 1. The van der Waals surface area contributed by atoms with E-state index in [4.69, 9.17) is 5.73 Å². The van der Waals surface area contributed by atoms with E-state index in [2.05, 4.69) is 37.0 Å². The zero-order valence-corrected chi connectivity index (χ0v) is 14.5. The molecule has 0 aliphatic carbocycles. The van der Waals surface area contributed by atoms with Crippen molar-refractivity contribution in [1.29, 1.82) is 0 Å². The molecule has 0 radical (unpaired) electrons. The summed E-state index contributed by atoms with van der Waals surface area (Å²) in [6, 6.07) is 6.53. The van der Waals surface area contributed by atoms with Crippen LogP contribution in [0.1, 0.15) is 51.1 Å². The maximum absolute atomic E-state index is 12.9. The number of aryl methyl sites for hydroxylation is 1. The van der Waals surface area contributed by atoms with Crippen molar-refractivity contribution in [1.82, 2.24) is 9.88 Å². The fourth-order valence-corrected chi connectivity index (χ4v) is 4.05. The van der Waals surface area contributed by atoms with Gasteiger partial charge in [-0.1, -0.05) is 18.2 Å². The molecular weight excluding hydrogens is 306 g/mol. The Bertz CT molecular complexity index is 710. The molecule has 4 nitrogen and oxygen atoms in total. The van der Waals surface area contributed by atoms with E-state index in [1.165, 1.54) is 28.0 Å². The van der Waals surface area contributed by atoms with Crippen LogP contribution in [0.15, 0.2) is 23.6 Å². The number of hydrogen-bond donors (Lipinski definition) is 1. The fraction of sp³-hybridized carbons (Fsp3) is 0.444. The molecule has 1 aliphatic rings. The number of likely N-dealkylation sites (tertiary alicyclic amines) is 1. The summed E-state index contributed by atoms with van der Waals surface area (Å²) in [5.41, 5.74) is 9.97. The Morgan fingerprint density at radius 2 is 2.26 bits per heavy atom. The Kier molecular flexibility index (Phi) is 4.78. The van der Waals surface area contributed by atoms with Crippen LogP contribution in [0.4, 0.5) is 0 Å². The molecule has 2 N–H and O–H groups in total. The molecule has 2 aromatic rings. The molecular formula is C18H23N3OS. The van der Waals surface area contributed by atoms with E-state index in [-0.39, 0.29) is 11.9 Å². The summed E-state index contributed by atoms with van der Waals surface area (Å²) in [4.78, 5) is 19.3. The van der Waals surface area contributed by atoms with Crippen molar-refractivity contribution < 1.29 is 4.79 Å². The smallest absolute Gasteiger partial charge is 0.273 e. The predicted octanol–water partition coefficient (Wildman–Crippen LogP) is 3.24. The van der Waals surface area contributed by atoms with Gasteiger partial charge in [0.05, 0.1) is 11.0 Å². The Morgan fingerprint density at radius 1 is 1.43 bits per heavy atom. The summed E-state index contributed by atoms with van der Waals surface area (Å²) in [7, 11) is 0. The molecule has 1 aromatic carbocycles. The number of nitrogens with two attached hydrogens (primary N) is 1. The largest absolute Gasteiger partial charge is 0.330 e. The van der Waals surface area contributed by atoms with Gasteiger partial charge in [0.15, 0.2) is 0 Å². The molecule has 1 fully saturated rings. The van der Waals surface area contributed by atoms with Crippen molar-refractivity contribution in [3.05, 3.63) is 51.0 Å². The highest BCUT2D eigenvalue weighted by Gasteiger charge is 2.32. The number of rotatable bonds is 4. The molecule has 3 rings (SSSR count). The lowest BCUT2D eigenvalue weighted by molar-refractivity contribution is 0.0730. The Morgan fingerprint density at radius 3 is 3.04 bits per heavy atom. The monoisotopic (exact) mass is 329 g/mol. The van der Waals surface area contributed by atoms with Gasteiger partial charge in [-0.3, -0.25) is 4.79 Å². The van der Waals surface area contributed by atoms with Gasteiger partial charge in [-0.15, -0.1) is 11.3 Å². The Balaban J connectivity index is 1.85. The molecule has 0 spiro atoms. The third-order valence-electron chi connectivity index (χ3n) is 4.65. The van der Waals surface area contributed by atoms with Crippen molar-refractivity contribution in [2.24, 2.45) is 5.73 Å². The first kappa shape index (κ1) is 16.1. The van der Waals surface area contributed by atoms with Gasteiger partial charge in [0.25, 0.3) is 5.91 Å². The van der Waals surface area contributed by atoms with Crippen molar-refractivity contribution >= 4 is 17.2 Å². The summed E-state index contributed by atoms with van der Waals surface area (Å²) < 4.78 is 0. The summed E-state index contributed by atoms with van der Waals surface area (Å²) in [6.45, 7) is 5.64. The van der Waals surface area contributed by atoms with Crippen LogP contribution in [-0.4, -0.2) is 28.9 Å². The number of hydrogen-bond acceptors (Lipinski definition) is 4. The molecule has 5 heteroatoms. The van der Waals surface area contributed by atoms with Crippen molar-refractivity contribution in [3.8, 4) is 0 Å². The van der Waals surface area contributed by atoms with E-state index in [0.29, 0.717) is 12.2 Å². The highest BCUT2D eigenvalue weighted by molar-refractivity contribution is 7.09. The molecule has 1 saturated heterocycles. The number of benzene rings is 1. The molecule has 2 heterocycles. The fourth-order valence-electron chi connectivity index (χ4n) is 3.26. The lowest BCUT2D eigenvalue weighted by atomic mass is 9.96. The highest BCUT2D eigenvalue weighted by Crippen LogP contribution is 2.35. The van der Waals surface area contributed by atoms with Gasteiger partial charge in [0.2, 0.25) is 0 Å². The van der Waals surface area contributed by atoms with Crippen molar-refractivity contribution in [2.45, 2.75) is 39.2 Å². The molecule has 1 unspecified atom stereocenters. The zero-order valence-electron chi connectivity index (χ0n) is 13.7. The van der Waals surface area contributed by atoms with Crippen LogP contribution in [-0.2, 0) is 6.42 Å². The van der Waals surface area contributed by atoms with Gasteiger partial charge in [-0.05, 0) is 49.9 Å². The highest BCUT2D eigenvalue weighted by atomic mass is 32.1. The van der Waals surface area contributed by atoms with Gasteiger partial charge >= 0.3 is 0 Å². The Labute approximate surface area is 141 Å². The zero-order chi connectivity index (χ0) is 16.4. The van der Waals surface area contributed by atoms with Gasteiger partial charge in [0, 0.05) is 18.3 Å². The maximum Gasteiger partial charge on any atom is 0.273 e. The first-order valence-corrected chi connectivity index (χ1v) is 9.01. The van der Waals surface area contributed by atoms with Crippen molar-refractivity contribution in [2.75, 3.05) is 13.1 Å². The number of nitrogens with zero attached hydrogens (tertiary/aromatic N) is 2. The molecule has 0 saturated carbocycles. The second-order valence-electron chi connectivity index (χ2n) is 6.11. The number of carbonyl (C=O) groups is 1. The minimum atomic E-state index is 0.0490. The van der Waals surface area contributed by atoms with E-state index >= 15 is 0 Å². The van der Waals surface area contributed by atoms with E-state index < -0.39 is 0 Å². The third-order valence-corrected chi connectivity index (χ3v) is 5.56. The molecule has 1 aliphatic heterocycles. The van der Waals surface area contributed by atoms with E-state index in [9.17, 15) is 4.79 Å². The van der Waals surface area contributed by atoms with Gasteiger partial charge in [0.1, 0.15) is 5.69 Å². The predicted molar refractivity (Wildman–Crippen MR) is 93.8 cm³/mol. The van der Waals surface area contributed by atoms with Crippen LogP contribution in [0.2, 0.25) is 0 Å². The lowest BCUT2D eigenvalue weighted by Crippen LogP contribution is -2.31. The summed E-state index contributed by atoms with van der Waals surface area (Å²) >= 11 is 1.53. The van der Waals surface area contributed by atoms with Crippen LogP contribution in [0.5, 0.6) is 0 Å². The topological polar surface area (TPSA) is 59.2 Å². The van der Waals surface area contributed by atoms with Crippen LogP contribution in [0.3, 0.4) is 0 Å². The number of amides is 1. The van der Waals surface area contributed by atoms with E-state index in [0.717, 1.165) is 30.8 Å². The summed E-state index contributed by atoms with van der Waals surface area (Å²) in [6.07, 6.45) is 2.80. The molecule has 122 valence electrons. The SMILES string of the molecule is Cc1cccc(C2CCCN2C(=O)c2csc(CCN)n2)c1C. The molecule has 1 atom stereocenters. The van der Waals surface area contributed by atoms with Gasteiger partial charge < -0.3 is 10.6 Å². The third kappa shape index (κ3) is 3.16. The average molecular weight is 329 g/mol. The van der Waals surface area contributed by atoms with E-state index in [1.807, 2.05) is 10.3 Å². The van der Waals surface area contributed by atoms with Crippen molar-refractivity contribution in [3.63, 3.8) is 0 Å². The van der Waals surface area contributed by atoms with Gasteiger partial charge in [-0.25, -0.2) is 4.98 Å². The lowest BCUT2D eigenvalue weighted by Gasteiger charge is -2.26. The van der Waals surface area contributed by atoms with Crippen LogP contribution in [0, 0.1) is 13.8 Å². The first-order valence-electron chi connectivity index (χ1n) is 8.13. The minimum Gasteiger partial charge on any atom is -0.330 e. The normalized spacial score (nSPS) is 17.7. The summed E-state index contributed by atoms with van der Waals surface area (Å²) in [5.74, 6) is 0.0490. The molecule has 1 aromatic heterocycles. The Hall–Kier alpha value is -1.72. The second-order valence-corrected chi connectivity index (χ2v) is 7.05. The van der Waals surface area contributed by atoms with Crippen LogP contribution in [0.25, 0.3) is 0 Å². The second kappa shape index (κ2) is 6.81. The molecule has 23 heavy (non-hydrogen) atoms. The maximum atomic E-state index is 12.9. The van der Waals surface area contributed by atoms with E-state index in [1.54, 1.807) is 0 Å². The standard InChI is InChI=1S/C18H23N3OS/c1-12-5-3-6-14(13(12)2)16-7-4-10-21(16)18(22)15-11-23-17(20-15)8-9-19/h3,5-6,11,16H,4,7-10,19H2,1-2H3. The van der Waals surface area contributed by atoms with Crippen LogP contribution < -0.4 is 5.73 Å². The quantitative estimate of drug-likeness (QED) is 0.937. The molecule has 1 amide bonds. The first-order chi connectivity index (χ1) is 11.1. The summed E-state index contributed by atoms with van der Waals surface area (Å²) in [5, 5.41) is 2.81. The number of carbonyl (C=O) groups excluding carboxylic acids is 1.